The zero-order chi connectivity index (χ0) is 8.27. The highest BCUT2D eigenvalue weighted by Gasteiger charge is 2.02. The number of Topliss-reactive ketones (excluding diaryl/α,β-unsaturated/α-hetero) is 1. The van der Waals surface area contributed by atoms with Gasteiger partial charge in [0, 0.05) is 30.9 Å². The Bertz CT molecular complexity index is 250. The largest absolute Gasteiger partial charge is 0.354 e. The topological polar surface area (TPSA) is 22.0 Å². The molecule has 1 rings (SSSR count). The number of aromatic nitrogens is 1. The van der Waals surface area contributed by atoms with Gasteiger partial charge in [0.05, 0.1) is 0 Å². The molecule has 1 heterocycles. The Balaban J connectivity index is 2.80. The molecule has 1 aromatic rings. The molecule has 0 unspecified atom stereocenters. The molecule has 0 aromatic carbocycles. The quantitative estimate of drug-likeness (QED) is 0.606. The molecule has 0 fully saturated rings. The molecule has 0 N–H and O–H groups in total. The van der Waals surface area contributed by atoms with Crippen molar-refractivity contribution < 1.29 is 4.79 Å². The lowest BCUT2D eigenvalue weighted by Gasteiger charge is -1.93. The molecule has 0 spiro atoms. The first-order chi connectivity index (χ1) is 5.27. The van der Waals surface area contributed by atoms with E-state index < -0.39 is 0 Å². The van der Waals surface area contributed by atoms with Crippen molar-refractivity contribution in [1.82, 2.24) is 4.57 Å². The van der Waals surface area contributed by atoms with Crippen LogP contribution in [0.3, 0.4) is 0 Å². The van der Waals surface area contributed by atoms with Gasteiger partial charge in [0.2, 0.25) is 0 Å². The average molecular weight is 151 g/mol. The number of aryl methyl sites for hydroxylation is 1. The predicted octanol–water partition coefficient (Wildman–Crippen LogP) is 2.10. The van der Waals surface area contributed by atoms with Gasteiger partial charge in [-0.15, -0.1) is 0 Å². The van der Waals surface area contributed by atoms with Crippen molar-refractivity contribution in [2.75, 3.05) is 0 Å². The van der Waals surface area contributed by atoms with E-state index in [2.05, 4.69) is 6.92 Å². The Labute approximate surface area is 66.8 Å². The molecule has 0 aliphatic heterocycles. The third-order valence-electron chi connectivity index (χ3n) is 1.76. The molecule has 0 aliphatic carbocycles. The van der Waals surface area contributed by atoms with Crippen molar-refractivity contribution in [3.8, 4) is 0 Å². The van der Waals surface area contributed by atoms with E-state index in [1.165, 1.54) is 0 Å². The highest BCUT2D eigenvalue weighted by molar-refractivity contribution is 5.95. The average Bonchev–Trinajstić information content (AvgIpc) is 2.50. The van der Waals surface area contributed by atoms with E-state index in [9.17, 15) is 4.79 Å². The molecule has 0 radical (unpaired) electrons. The van der Waals surface area contributed by atoms with Gasteiger partial charge in [-0.25, -0.2) is 0 Å². The molecule has 2 heteroatoms. The molecule has 0 atom stereocenters. The fourth-order valence-corrected chi connectivity index (χ4v) is 1.01. The van der Waals surface area contributed by atoms with Crippen molar-refractivity contribution in [2.45, 2.75) is 26.8 Å². The predicted molar refractivity (Wildman–Crippen MR) is 44.7 cm³/mol. The Morgan fingerprint density at radius 2 is 2.27 bits per heavy atom. The second kappa shape index (κ2) is 3.37. The summed E-state index contributed by atoms with van der Waals surface area (Å²) in [6.45, 7) is 4.86. The maximum absolute atomic E-state index is 11.1. The Morgan fingerprint density at radius 1 is 1.55 bits per heavy atom. The standard InChI is InChI=1S/C9H13NO/c1-3-9(11)8-5-6-10(4-2)7-8/h5-7H,3-4H2,1-2H3. The van der Waals surface area contributed by atoms with Crippen LogP contribution in [0.1, 0.15) is 30.6 Å². The summed E-state index contributed by atoms with van der Waals surface area (Å²) in [5.41, 5.74) is 0.828. The van der Waals surface area contributed by atoms with Gasteiger partial charge in [-0.05, 0) is 13.0 Å². The number of carbonyl (C=O) groups excluding carboxylic acids is 1. The van der Waals surface area contributed by atoms with Gasteiger partial charge in [-0.3, -0.25) is 4.79 Å². The maximum atomic E-state index is 11.1. The monoisotopic (exact) mass is 151 g/mol. The van der Waals surface area contributed by atoms with Crippen molar-refractivity contribution in [1.29, 1.82) is 0 Å². The van der Waals surface area contributed by atoms with Gasteiger partial charge in [0.25, 0.3) is 0 Å². The van der Waals surface area contributed by atoms with E-state index >= 15 is 0 Å². The second-order valence-corrected chi connectivity index (χ2v) is 2.51. The molecular formula is C9H13NO. The van der Waals surface area contributed by atoms with Crippen LogP contribution >= 0.6 is 0 Å². The normalized spacial score (nSPS) is 10.0. The minimum absolute atomic E-state index is 0.220. The first-order valence-electron chi connectivity index (χ1n) is 3.97. The summed E-state index contributed by atoms with van der Waals surface area (Å²) in [4.78, 5) is 11.1. The number of rotatable bonds is 3. The number of carbonyl (C=O) groups is 1. The zero-order valence-electron chi connectivity index (χ0n) is 7.00. The molecule has 0 aliphatic rings. The van der Waals surface area contributed by atoms with Crippen molar-refractivity contribution >= 4 is 5.78 Å². The first-order valence-corrected chi connectivity index (χ1v) is 3.97. The number of hydrogen-bond donors (Lipinski definition) is 0. The highest BCUT2D eigenvalue weighted by Crippen LogP contribution is 2.03. The Kier molecular flexibility index (Phi) is 2.47. The highest BCUT2D eigenvalue weighted by atomic mass is 16.1. The minimum Gasteiger partial charge on any atom is -0.354 e. The summed E-state index contributed by atoms with van der Waals surface area (Å²) in [6, 6.07) is 1.87. The Hall–Kier alpha value is -1.05. The number of nitrogens with zero attached hydrogens (tertiary/aromatic N) is 1. The van der Waals surface area contributed by atoms with E-state index in [1.807, 2.05) is 30.0 Å². The lowest BCUT2D eigenvalue weighted by molar-refractivity contribution is 0.0988. The van der Waals surface area contributed by atoms with E-state index in [1.54, 1.807) is 0 Å². The van der Waals surface area contributed by atoms with E-state index in [0.717, 1.165) is 12.1 Å². The lowest BCUT2D eigenvalue weighted by atomic mass is 10.2. The van der Waals surface area contributed by atoms with Gasteiger partial charge in [-0.1, -0.05) is 6.92 Å². The third-order valence-corrected chi connectivity index (χ3v) is 1.76. The van der Waals surface area contributed by atoms with Crippen LogP contribution in [0.5, 0.6) is 0 Å². The molecule has 0 saturated carbocycles. The molecule has 0 bridgehead atoms. The van der Waals surface area contributed by atoms with E-state index in [-0.39, 0.29) is 5.78 Å². The van der Waals surface area contributed by atoms with Crippen LogP contribution in [0.15, 0.2) is 18.5 Å². The van der Waals surface area contributed by atoms with Crippen LogP contribution < -0.4 is 0 Å². The van der Waals surface area contributed by atoms with Crippen molar-refractivity contribution in [3.63, 3.8) is 0 Å². The molecule has 0 amide bonds. The molecule has 11 heavy (non-hydrogen) atoms. The van der Waals surface area contributed by atoms with Crippen molar-refractivity contribution in [3.05, 3.63) is 24.0 Å². The van der Waals surface area contributed by atoms with E-state index in [4.69, 9.17) is 0 Å². The van der Waals surface area contributed by atoms with Crippen LogP contribution in [0.4, 0.5) is 0 Å². The van der Waals surface area contributed by atoms with Gasteiger partial charge in [-0.2, -0.15) is 0 Å². The van der Waals surface area contributed by atoms with Crippen LogP contribution in [0, 0.1) is 0 Å². The number of hydrogen-bond acceptors (Lipinski definition) is 1. The lowest BCUT2D eigenvalue weighted by Crippen LogP contribution is -1.94. The summed E-state index contributed by atoms with van der Waals surface area (Å²) in [7, 11) is 0. The molecule has 1 aromatic heterocycles. The van der Waals surface area contributed by atoms with Crippen LogP contribution in [-0.2, 0) is 6.54 Å². The van der Waals surface area contributed by atoms with Gasteiger partial charge >= 0.3 is 0 Å². The summed E-state index contributed by atoms with van der Waals surface area (Å²) in [5.74, 6) is 0.220. The van der Waals surface area contributed by atoms with Crippen LogP contribution in [0.25, 0.3) is 0 Å². The van der Waals surface area contributed by atoms with Crippen molar-refractivity contribution in [2.24, 2.45) is 0 Å². The minimum atomic E-state index is 0.220. The summed E-state index contributed by atoms with van der Waals surface area (Å²) in [6.07, 6.45) is 4.42. The molecule has 60 valence electrons. The fourth-order valence-electron chi connectivity index (χ4n) is 1.01. The van der Waals surface area contributed by atoms with Gasteiger partial charge < -0.3 is 4.57 Å². The molecule has 2 nitrogen and oxygen atoms in total. The molecular weight excluding hydrogens is 138 g/mol. The van der Waals surface area contributed by atoms with Gasteiger partial charge in [0.15, 0.2) is 5.78 Å². The SMILES string of the molecule is CCC(=O)c1ccn(CC)c1. The summed E-state index contributed by atoms with van der Waals surface area (Å²) < 4.78 is 2.00. The molecule has 0 saturated heterocycles. The third kappa shape index (κ3) is 1.70. The van der Waals surface area contributed by atoms with E-state index in [0.29, 0.717) is 6.42 Å². The zero-order valence-corrected chi connectivity index (χ0v) is 7.00. The summed E-state index contributed by atoms with van der Waals surface area (Å²) in [5, 5.41) is 0. The second-order valence-electron chi connectivity index (χ2n) is 2.51. The summed E-state index contributed by atoms with van der Waals surface area (Å²) >= 11 is 0. The number of ketones is 1. The fraction of sp³-hybridized carbons (Fsp3) is 0.444. The van der Waals surface area contributed by atoms with Gasteiger partial charge in [0.1, 0.15) is 0 Å². The first kappa shape index (κ1) is 8.05. The van der Waals surface area contributed by atoms with Crippen LogP contribution in [-0.4, -0.2) is 10.4 Å². The van der Waals surface area contributed by atoms with Crippen LogP contribution in [0.2, 0.25) is 0 Å². The Morgan fingerprint density at radius 3 is 2.73 bits per heavy atom. The maximum Gasteiger partial charge on any atom is 0.164 e. The smallest absolute Gasteiger partial charge is 0.164 e.